The Morgan fingerprint density at radius 1 is 0.906 bits per heavy atom. The fourth-order valence-electron chi connectivity index (χ4n) is 5.45. The van der Waals surface area contributed by atoms with Crippen LogP contribution in [0, 0.1) is 21.4 Å². The number of amides is 2. The summed E-state index contributed by atoms with van der Waals surface area (Å²) in [5.74, 6) is -1.87. The highest BCUT2D eigenvalue weighted by molar-refractivity contribution is 6.35. The summed E-state index contributed by atoms with van der Waals surface area (Å²) in [4.78, 5) is 40.8. The van der Waals surface area contributed by atoms with Gasteiger partial charge in [-0.3, -0.25) is 19.7 Å². The van der Waals surface area contributed by atoms with Gasteiger partial charge in [0.2, 0.25) is 0 Å². The number of nitro groups is 1. The van der Waals surface area contributed by atoms with Crippen LogP contribution < -0.4 is 4.90 Å². The van der Waals surface area contributed by atoms with E-state index in [4.69, 9.17) is 0 Å². The van der Waals surface area contributed by atoms with Crippen molar-refractivity contribution in [3.63, 3.8) is 0 Å². The molecule has 1 aliphatic heterocycles. The van der Waals surface area contributed by atoms with Gasteiger partial charge >= 0.3 is 5.54 Å². The van der Waals surface area contributed by atoms with Gasteiger partial charge < -0.3 is 0 Å². The Labute approximate surface area is 182 Å². The van der Waals surface area contributed by atoms with Crippen LogP contribution in [-0.2, 0) is 15.1 Å². The predicted octanol–water partition coefficient (Wildman–Crippen LogP) is 3.41. The normalized spacial score (nSPS) is 22.3. The van der Waals surface area contributed by atoms with Gasteiger partial charge in [0, 0.05) is 27.5 Å². The van der Waals surface area contributed by atoms with Crippen molar-refractivity contribution in [2.24, 2.45) is 0 Å². The van der Waals surface area contributed by atoms with E-state index in [0.29, 0.717) is 22.3 Å². The summed E-state index contributed by atoms with van der Waals surface area (Å²) in [6.07, 6.45) is 0. The fourth-order valence-corrected chi connectivity index (χ4v) is 5.45. The second-order valence-electron chi connectivity index (χ2n) is 7.97. The van der Waals surface area contributed by atoms with Gasteiger partial charge in [-0.1, -0.05) is 54.6 Å². The fraction of sp³-hybridized carbons (Fsp3) is 0.0800. The largest absolute Gasteiger partial charge is 0.303 e. The lowest BCUT2D eigenvalue weighted by molar-refractivity contribution is -0.554. The van der Waals surface area contributed by atoms with Crippen LogP contribution in [0.25, 0.3) is 0 Å². The second kappa shape index (κ2) is 5.99. The topological polar surface area (TPSA) is 104 Å². The molecule has 1 heterocycles. The predicted molar refractivity (Wildman–Crippen MR) is 113 cm³/mol. The molecule has 2 bridgehead atoms. The van der Waals surface area contributed by atoms with Crippen LogP contribution >= 0.6 is 0 Å². The van der Waals surface area contributed by atoms with E-state index in [9.17, 15) is 25.0 Å². The second-order valence-corrected chi connectivity index (χ2v) is 7.97. The monoisotopic (exact) mass is 419 g/mol. The van der Waals surface area contributed by atoms with E-state index in [2.05, 4.69) is 0 Å². The maximum absolute atomic E-state index is 13.7. The SMILES string of the molecule is N#Cc1cccc(N2C(=O)C3=C(C2=O)C2([N+](=O)[O-])c4ccccc4C3c3ccccc32)c1. The number of benzene rings is 3. The van der Waals surface area contributed by atoms with Gasteiger partial charge in [-0.15, -0.1) is 0 Å². The molecule has 7 heteroatoms. The lowest BCUT2D eigenvalue weighted by Crippen LogP contribution is -2.49. The van der Waals surface area contributed by atoms with Crippen LogP contribution in [0.3, 0.4) is 0 Å². The van der Waals surface area contributed by atoms with Crippen LogP contribution in [0.4, 0.5) is 5.69 Å². The molecule has 0 radical (unpaired) electrons. The number of hydrogen-bond acceptors (Lipinski definition) is 5. The highest BCUT2D eigenvalue weighted by atomic mass is 16.6. The number of nitriles is 1. The smallest absolute Gasteiger partial charge is 0.269 e. The highest BCUT2D eigenvalue weighted by Crippen LogP contribution is 2.61. The van der Waals surface area contributed by atoms with Gasteiger partial charge in [-0.05, 0) is 29.3 Å². The molecule has 152 valence electrons. The Morgan fingerprint density at radius 2 is 1.53 bits per heavy atom. The zero-order chi connectivity index (χ0) is 22.2. The standard InChI is InChI=1S/C25H13N3O4/c26-13-14-6-5-7-15(12-14)27-23(29)21-20-16-8-1-3-10-18(16)25(28(31)32,22(21)24(27)30)19-11-4-2-9-17(19)20/h1-12,20H. The number of anilines is 1. The Kier molecular flexibility index (Phi) is 3.41. The van der Waals surface area contributed by atoms with E-state index in [1.165, 1.54) is 6.07 Å². The number of rotatable bonds is 2. The third-order valence-electron chi connectivity index (χ3n) is 6.60. The Hall–Kier alpha value is -4.57. The summed E-state index contributed by atoms with van der Waals surface area (Å²) in [5, 5.41) is 22.1. The zero-order valence-electron chi connectivity index (χ0n) is 16.5. The summed E-state index contributed by atoms with van der Waals surface area (Å²) in [5.41, 5.74) is 0.744. The molecule has 4 aliphatic rings. The van der Waals surface area contributed by atoms with E-state index in [-0.39, 0.29) is 22.4 Å². The molecule has 7 nitrogen and oxygen atoms in total. The summed E-state index contributed by atoms with van der Waals surface area (Å²) in [6, 6.07) is 22.0. The average molecular weight is 419 g/mol. The van der Waals surface area contributed by atoms with Crippen LogP contribution in [0.5, 0.6) is 0 Å². The Bertz CT molecular complexity index is 1430. The summed E-state index contributed by atoms with van der Waals surface area (Å²) >= 11 is 0. The first-order chi connectivity index (χ1) is 15.5. The van der Waals surface area contributed by atoms with Crippen LogP contribution in [0.15, 0.2) is 83.9 Å². The summed E-state index contributed by atoms with van der Waals surface area (Å²) in [7, 11) is 0. The van der Waals surface area contributed by atoms with Crippen molar-refractivity contribution >= 4 is 17.5 Å². The van der Waals surface area contributed by atoms with Crippen molar-refractivity contribution in [2.45, 2.75) is 11.5 Å². The molecule has 0 spiro atoms. The molecule has 0 N–H and O–H groups in total. The van der Waals surface area contributed by atoms with E-state index < -0.39 is 28.2 Å². The minimum absolute atomic E-state index is 0.0998. The maximum atomic E-state index is 13.7. The lowest BCUT2D eigenvalue weighted by Gasteiger charge is -2.42. The van der Waals surface area contributed by atoms with Crippen LogP contribution in [0.2, 0.25) is 0 Å². The van der Waals surface area contributed by atoms with E-state index in [1.54, 1.807) is 66.7 Å². The molecule has 0 fully saturated rings. The van der Waals surface area contributed by atoms with Crippen molar-refractivity contribution in [2.75, 3.05) is 4.90 Å². The molecule has 0 atom stereocenters. The quantitative estimate of drug-likeness (QED) is 0.360. The Morgan fingerprint density at radius 3 is 2.12 bits per heavy atom. The average Bonchev–Trinajstić information content (AvgIpc) is 3.09. The van der Waals surface area contributed by atoms with Gasteiger partial charge in [-0.2, -0.15) is 5.26 Å². The van der Waals surface area contributed by atoms with Crippen molar-refractivity contribution < 1.29 is 14.5 Å². The first-order valence-electron chi connectivity index (χ1n) is 9.98. The number of carbonyl (C=O) groups is 2. The molecule has 3 aromatic rings. The minimum atomic E-state index is -1.97. The number of carbonyl (C=O) groups excluding carboxylic acids is 2. The van der Waals surface area contributed by atoms with Gasteiger partial charge in [-0.25, -0.2) is 4.90 Å². The number of nitrogens with zero attached hydrogens (tertiary/aromatic N) is 3. The Balaban J connectivity index is 1.68. The third kappa shape index (κ3) is 1.90. The summed E-state index contributed by atoms with van der Waals surface area (Å²) in [6.45, 7) is 0. The van der Waals surface area contributed by atoms with Gasteiger partial charge in [0.05, 0.1) is 17.3 Å². The zero-order valence-corrected chi connectivity index (χ0v) is 16.5. The number of imide groups is 1. The lowest BCUT2D eigenvalue weighted by atomic mass is 9.57. The van der Waals surface area contributed by atoms with Crippen LogP contribution in [0.1, 0.15) is 33.7 Å². The highest BCUT2D eigenvalue weighted by Gasteiger charge is 2.68. The van der Waals surface area contributed by atoms with E-state index in [0.717, 1.165) is 4.90 Å². The van der Waals surface area contributed by atoms with Crippen molar-refractivity contribution in [3.05, 3.63) is 122 Å². The number of hydrogen-bond donors (Lipinski definition) is 0. The van der Waals surface area contributed by atoms with Crippen molar-refractivity contribution in [1.82, 2.24) is 0 Å². The molecule has 0 unspecified atom stereocenters. The molecule has 32 heavy (non-hydrogen) atoms. The molecular weight excluding hydrogens is 406 g/mol. The third-order valence-corrected chi connectivity index (χ3v) is 6.60. The first-order valence-corrected chi connectivity index (χ1v) is 9.98. The minimum Gasteiger partial charge on any atom is -0.269 e. The maximum Gasteiger partial charge on any atom is 0.303 e. The van der Waals surface area contributed by atoms with Crippen molar-refractivity contribution in [3.8, 4) is 6.07 Å². The molecule has 7 rings (SSSR count). The molecule has 0 aromatic heterocycles. The van der Waals surface area contributed by atoms with E-state index in [1.807, 2.05) is 6.07 Å². The van der Waals surface area contributed by atoms with Gasteiger partial charge in [0.1, 0.15) is 5.57 Å². The summed E-state index contributed by atoms with van der Waals surface area (Å²) < 4.78 is 0. The molecular formula is C25H13N3O4. The molecule has 3 aliphatic carbocycles. The first kappa shape index (κ1) is 18.2. The van der Waals surface area contributed by atoms with Crippen molar-refractivity contribution in [1.29, 1.82) is 5.26 Å². The van der Waals surface area contributed by atoms with E-state index >= 15 is 0 Å². The van der Waals surface area contributed by atoms with Gasteiger partial charge in [0.25, 0.3) is 11.8 Å². The molecule has 2 amide bonds. The molecule has 0 saturated carbocycles. The van der Waals surface area contributed by atoms with Crippen LogP contribution in [-0.4, -0.2) is 16.7 Å². The molecule has 0 saturated heterocycles. The molecule has 3 aromatic carbocycles. The van der Waals surface area contributed by atoms with Gasteiger partial charge in [0.15, 0.2) is 0 Å².